The minimum atomic E-state index is -0.280. The first-order chi connectivity index (χ1) is 9.66. The molecule has 20 heavy (non-hydrogen) atoms. The van der Waals surface area contributed by atoms with Gasteiger partial charge in [-0.05, 0) is 6.07 Å². The molecule has 0 aliphatic carbocycles. The number of hydrogen-bond donors (Lipinski definition) is 2. The summed E-state index contributed by atoms with van der Waals surface area (Å²) in [4.78, 5) is 13.6. The van der Waals surface area contributed by atoms with E-state index < -0.39 is 0 Å². The lowest BCUT2D eigenvalue weighted by Gasteiger charge is -2.33. The van der Waals surface area contributed by atoms with Crippen molar-refractivity contribution in [2.45, 2.75) is 12.6 Å². The Hall–Kier alpha value is -1.92. The van der Waals surface area contributed by atoms with Crippen LogP contribution in [0.1, 0.15) is 5.69 Å². The van der Waals surface area contributed by atoms with Crippen LogP contribution in [-0.4, -0.2) is 46.3 Å². The third kappa shape index (κ3) is 2.28. The van der Waals surface area contributed by atoms with Crippen molar-refractivity contribution in [3.05, 3.63) is 30.0 Å². The highest BCUT2D eigenvalue weighted by molar-refractivity contribution is 5.82. The predicted molar refractivity (Wildman–Crippen MR) is 77.0 cm³/mol. The van der Waals surface area contributed by atoms with E-state index in [1.807, 2.05) is 23.9 Å². The van der Waals surface area contributed by atoms with Gasteiger partial charge >= 0.3 is 0 Å². The van der Waals surface area contributed by atoms with Crippen LogP contribution >= 0.6 is 0 Å². The monoisotopic (exact) mass is 273 g/mol. The van der Waals surface area contributed by atoms with Crippen LogP contribution in [0.25, 0.3) is 10.9 Å². The van der Waals surface area contributed by atoms with Crippen LogP contribution < -0.4 is 11.1 Å². The average Bonchev–Trinajstić information content (AvgIpc) is 2.76. The first-order valence-electron chi connectivity index (χ1n) is 6.81. The van der Waals surface area contributed by atoms with Crippen molar-refractivity contribution in [3.8, 4) is 0 Å². The molecule has 1 aliphatic rings. The van der Waals surface area contributed by atoms with E-state index in [0.717, 1.165) is 29.7 Å². The SMILES string of the molecule is Cn1nc(CN2CCNCC2C(N)=O)c2ccccc21. The van der Waals surface area contributed by atoms with Gasteiger partial charge in [-0.2, -0.15) is 5.10 Å². The Kier molecular flexibility index (Phi) is 3.42. The van der Waals surface area contributed by atoms with Gasteiger partial charge in [0.05, 0.1) is 11.2 Å². The van der Waals surface area contributed by atoms with Gasteiger partial charge in [0.1, 0.15) is 6.04 Å². The molecule has 0 spiro atoms. The zero-order valence-corrected chi connectivity index (χ0v) is 11.5. The minimum absolute atomic E-state index is 0.260. The molecule has 0 saturated carbocycles. The van der Waals surface area contributed by atoms with Gasteiger partial charge in [0.25, 0.3) is 0 Å². The molecule has 1 aliphatic heterocycles. The van der Waals surface area contributed by atoms with Gasteiger partial charge in [-0.3, -0.25) is 14.4 Å². The van der Waals surface area contributed by atoms with Crippen molar-refractivity contribution in [2.75, 3.05) is 19.6 Å². The first kappa shape index (κ1) is 13.1. The second-order valence-corrected chi connectivity index (χ2v) is 5.18. The van der Waals surface area contributed by atoms with Crippen LogP contribution in [-0.2, 0) is 18.4 Å². The standard InChI is InChI=1S/C14H19N5O/c1-18-12-5-3-2-4-10(12)11(17-18)9-19-7-6-16-8-13(19)14(15)20/h2-5,13,16H,6-9H2,1H3,(H2,15,20). The molecule has 1 unspecified atom stereocenters. The third-order valence-corrected chi connectivity index (χ3v) is 3.87. The second-order valence-electron chi connectivity index (χ2n) is 5.18. The largest absolute Gasteiger partial charge is 0.368 e. The Morgan fingerprint density at radius 2 is 2.30 bits per heavy atom. The van der Waals surface area contributed by atoms with Gasteiger partial charge in [-0.1, -0.05) is 18.2 Å². The molecular formula is C14H19N5O. The normalized spacial score (nSPS) is 20.4. The maximum Gasteiger partial charge on any atom is 0.236 e. The van der Waals surface area contributed by atoms with Gasteiger partial charge in [0.15, 0.2) is 0 Å². The number of amides is 1. The molecular weight excluding hydrogens is 254 g/mol. The van der Waals surface area contributed by atoms with Crippen LogP contribution in [0, 0.1) is 0 Å². The lowest BCUT2D eigenvalue weighted by Crippen LogP contribution is -2.56. The number of aryl methyl sites for hydroxylation is 1. The van der Waals surface area contributed by atoms with Crippen LogP contribution in [0.2, 0.25) is 0 Å². The highest BCUT2D eigenvalue weighted by Gasteiger charge is 2.27. The maximum atomic E-state index is 11.5. The quantitative estimate of drug-likeness (QED) is 0.814. The molecule has 3 N–H and O–H groups in total. The number of nitrogens with one attached hydrogen (secondary N) is 1. The van der Waals surface area contributed by atoms with Crippen LogP contribution in [0.3, 0.4) is 0 Å². The lowest BCUT2D eigenvalue weighted by atomic mass is 10.1. The smallest absolute Gasteiger partial charge is 0.236 e. The van der Waals surface area contributed by atoms with E-state index >= 15 is 0 Å². The summed E-state index contributed by atoms with van der Waals surface area (Å²) in [6, 6.07) is 7.88. The van der Waals surface area contributed by atoms with E-state index in [9.17, 15) is 4.79 Å². The first-order valence-corrected chi connectivity index (χ1v) is 6.81. The summed E-state index contributed by atoms with van der Waals surface area (Å²) in [5, 5.41) is 8.92. The summed E-state index contributed by atoms with van der Waals surface area (Å²) < 4.78 is 1.88. The predicted octanol–water partition coefficient (Wildman–Crippen LogP) is -0.168. The van der Waals surface area contributed by atoms with E-state index in [1.54, 1.807) is 0 Å². The summed E-state index contributed by atoms with van der Waals surface area (Å²) in [5.41, 5.74) is 7.58. The number of rotatable bonds is 3. The van der Waals surface area contributed by atoms with E-state index in [2.05, 4.69) is 27.4 Å². The van der Waals surface area contributed by atoms with Crippen molar-refractivity contribution in [1.82, 2.24) is 20.0 Å². The van der Waals surface area contributed by atoms with Crippen molar-refractivity contribution in [2.24, 2.45) is 12.8 Å². The summed E-state index contributed by atoms with van der Waals surface area (Å²) in [6.45, 7) is 2.93. The van der Waals surface area contributed by atoms with E-state index in [0.29, 0.717) is 13.1 Å². The molecule has 1 aromatic carbocycles. The zero-order chi connectivity index (χ0) is 14.1. The molecule has 1 atom stereocenters. The number of hydrogen-bond acceptors (Lipinski definition) is 4. The maximum absolute atomic E-state index is 11.5. The van der Waals surface area contributed by atoms with Crippen LogP contribution in [0.15, 0.2) is 24.3 Å². The number of aromatic nitrogens is 2. The van der Waals surface area contributed by atoms with Crippen LogP contribution in [0.5, 0.6) is 0 Å². The number of benzene rings is 1. The summed E-state index contributed by atoms with van der Waals surface area (Å²) in [7, 11) is 1.94. The van der Waals surface area contributed by atoms with Gasteiger partial charge in [-0.15, -0.1) is 0 Å². The van der Waals surface area contributed by atoms with Crippen molar-refractivity contribution in [3.63, 3.8) is 0 Å². The van der Waals surface area contributed by atoms with Gasteiger partial charge < -0.3 is 11.1 Å². The fraction of sp³-hybridized carbons (Fsp3) is 0.429. The molecule has 2 heterocycles. The van der Waals surface area contributed by atoms with Gasteiger partial charge in [0, 0.05) is 38.6 Å². The number of primary amides is 1. The number of piperazine rings is 1. The molecule has 0 bridgehead atoms. The number of nitrogens with two attached hydrogens (primary N) is 1. The number of carbonyl (C=O) groups excluding carboxylic acids is 1. The fourth-order valence-corrected chi connectivity index (χ4v) is 2.81. The van der Waals surface area contributed by atoms with Crippen LogP contribution in [0.4, 0.5) is 0 Å². The fourth-order valence-electron chi connectivity index (χ4n) is 2.81. The highest BCUT2D eigenvalue weighted by Crippen LogP contribution is 2.20. The minimum Gasteiger partial charge on any atom is -0.368 e. The Morgan fingerprint density at radius 3 is 3.10 bits per heavy atom. The van der Waals surface area contributed by atoms with E-state index in [4.69, 9.17) is 5.73 Å². The average molecular weight is 273 g/mol. The van der Waals surface area contributed by atoms with E-state index in [1.165, 1.54) is 0 Å². The molecule has 106 valence electrons. The zero-order valence-electron chi connectivity index (χ0n) is 11.5. The highest BCUT2D eigenvalue weighted by atomic mass is 16.1. The molecule has 3 rings (SSSR count). The molecule has 6 heteroatoms. The summed E-state index contributed by atoms with van der Waals surface area (Å²) in [6.07, 6.45) is 0. The number of para-hydroxylation sites is 1. The molecule has 2 aromatic rings. The second kappa shape index (κ2) is 5.22. The van der Waals surface area contributed by atoms with Gasteiger partial charge in [-0.25, -0.2) is 0 Å². The Morgan fingerprint density at radius 1 is 1.50 bits per heavy atom. The molecule has 1 fully saturated rings. The number of nitrogens with zero attached hydrogens (tertiary/aromatic N) is 3. The Balaban J connectivity index is 1.90. The number of fused-ring (bicyclic) bond motifs is 1. The van der Waals surface area contributed by atoms with Crippen molar-refractivity contribution < 1.29 is 4.79 Å². The summed E-state index contributed by atoms with van der Waals surface area (Å²) in [5.74, 6) is -0.280. The third-order valence-electron chi connectivity index (χ3n) is 3.87. The molecule has 0 radical (unpaired) electrons. The Labute approximate surface area is 117 Å². The van der Waals surface area contributed by atoms with E-state index in [-0.39, 0.29) is 11.9 Å². The molecule has 1 amide bonds. The molecule has 1 saturated heterocycles. The van der Waals surface area contributed by atoms with Crippen molar-refractivity contribution in [1.29, 1.82) is 0 Å². The molecule has 6 nitrogen and oxygen atoms in total. The van der Waals surface area contributed by atoms with Gasteiger partial charge in [0.2, 0.25) is 5.91 Å². The van der Waals surface area contributed by atoms with Crippen molar-refractivity contribution >= 4 is 16.8 Å². The summed E-state index contributed by atoms with van der Waals surface area (Å²) >= 11 is 0. The number of carbonyl (C=O) groups is 1. The lowest BCUT2D eigenvalue weighted by molar-refractivity contribution is -0.124. The Bertz CT molecular complexity index is 636. The topological polar surface area (TPSA) is 76.2 Å². The molecule has 1 aromatic heterocycles.